The smallest absolute Gasteiger partial charge is 0.255 e. The summed E-state index contributed by atoms with van der Waals surface area (Å²) in [5.41, 5.74) is 0.261. The lowest BCUT2D eigenvalue weighted by atomic mass is 10.2. The molecule has 0 fully saturated rings. The number of anilines is 1. The van der Waals surface area contributed by atoms with Gasteiger partial charge >= 0.3 is 0 Å². The monoisotopic (exact) mass is 352 g/mol. The molecular formula is C17H15ClF2N2O2. The Bertz CT molecular complexity index is 731. The van der Waals surface area contributed by atoms with Gasteiger partial charge in [-0.15, -0.1) is 0 Å². The second-order valence-electron chi connectivity index (χ2n) is 5.00. The first-order chi connectivity index (χ1) is 11.4. The fraction of sp³-hybridized carbons (Fsp3) is 0.176. The van der Waals surface area contributed by atoms with Crippen molar-refractivity contribution in [2.24, 2.45) is 0 Å². The van der Waals surface area contributed by atoms with E-state index < -0.39 is 17.5 Å². The normalized spacial score (nSPS) is 10.3. The Balaban J connectivity index is 2.02. The quantitative estimate of drug-likeness (QED) is 0.896. The second-order valence-corrected chi connectivity index (χ2v) is 5.41. The highest BCUT2D eigenvalue weighted by molar-refractivity contribution is 6.33. The molecule has 0 radical (unpaired) electrons. The molecule has 4 nitrogen and oxygen atoms in total. The van der Waals surface area contributed by atoms with Crippen molar-refractivity contribution >= 4 is 29.1 Å². The van der Waals surface area contributed by atoms with E-state index in [9.17, 15) is 18.4 Å². The Morgan fingerprint density at radius 1 is 1.12 bits per heavy atom. The van der Waals surface area contributed by atoms with Crippen molar-refractivity contribution in [3.8, 4) is 0 Å². The maximum atomic E-state index is 13.7. The molecule has 1 N–H and O–H groups in total. The van der Waals surface area contributed by atoms with E-state index in [-0.39, 0.29) is 29.6 Å². The third-order valence-corrected chi connectivity index (χ3v) is 3.64. The number of rotatable bonds is 5. The molecule has 2 amide bonds. The molecule has 0 aliphatic carbocycles. The summed E-state index contributed by atoms with van der Waals surface area (Å²) < 4.78 is 26.6. The van der Waals surface area contributed by atoms with Crippen molar-refractivity contribution in [2.45, 2.75) is 6.92 Å². The Labute approximate surface area is 143 Å². The summed E-state index contributed by atoms with van der Waals surface area (Å²) in [4.78, 5) is 25.1. The number of halogens is 3. The van der Waals surface area contributed by atoms with Crippen molar-refractivity contribution in [2.75, 3.05) is 18.0 Å². The fourth-order valence-electron chi connectivity index (χ4n) is 2.17. The lowest BCUT2D eigenvalue weighted by Crippen LogP contribution is -2.37. The lowest BCUT2D eigenvalue weighted by Gasteiger charge is -2.21. The molecule has 2 aromatic carbocycles. The molecule has 0 saturated carbocycles. The van der Waals surface area contributed by atoms with Crippen LogP contribution in [0.25, 0.3) is 0 Å². The maximum Gasteiger partial charge on any atom is 0.255 e. The summed E-state index contributed by atoms with van der Waals surface area (Å²) in [6.07, 6.45) is 0. The van der Waals surface area contributed by atoms with Crippen LogP contribution in [0.15, 0.2) is 42.5 Å². The van der Waals surface area contributed by atoms with E-state index in [2.05, 4.69) is 5.32 Å². The van der Waals surface area contributed by atoms with Gasteiger partial charge in [-0.3, -0.25) is 9.59 Å². The van der Waals surface area contributed by atoms with E-state index in [1.807, 2.05) is 0 Å². The summed E-state index contributed by atoms with van der Waals surface area (Å²) in [6.45, 7) is 1.60. The average Bonchev–Trinajstić information content (AvgIpc) is 2.52. The number of amides is 2. The molecule has 2 aromatic rings. The van der Waals surface area contributed by atoms with E-state index in [1.165, 1.54) is 48.2 Å². The largest absolute Gasteiger partial charge is 0.350 e. The Hall–Kier alpha value is -2.47. The first-order valence-electron chi connectivity index (χ1n) is 7.16. The van der Waals surface area contributed by atoms with Crippen molar-refractivity contribution < 1.29 is 18.4 Å². The van der Waals surface area contributed by atoms with Crippen molar-refractivity contribution in [1.29, 1.82) is 0 Å². The zero-order valence-electron chi connectivity index (χ0n) is 12.9. The van der Waals surface area contributed by atoms with Gasteiger partial charge in [-0.2, -0.15) is 0 Å². The predicted octanol–water partition coefficient (Wildman–Crippen LogP) is 3.40. The zero-order valence-corrected chi connectivity index (χ0v) is 13.6. The van der Waals surface area contributed by atoms with Gasteiger partial charge in [0.05, 0.1) is 10.6 Å². The minimum Gasteiger partial charge on any atom is -0.350 e. The molecule has 0 bridgehead atoms. The van der Waals surface area contributed by atoms with Crippen LogP contribution in [0.1, 0.15) is 17.3 Å². The van der Waals surface area contributed by atoms with E-state index in [4.69, 9.17) is 11.6 Å². The maximum absolute atomic E-state index is 13.7. The number of carbonyl (C=O) groups excluding carboxylic acids is 2. The van der Waals surface area contributed by atoms with Crippen LogP contribution in [0.2, 0.25) is 5.02 Å². The summed E-state index contributed by atoms with van der Waals surface area (Å²) in [6, 6.07) is 9.37. The highest BCUT2D eigenvalue weighted by Gasteiger charge is 2.16. The van der Waals surface area contributed by atoms with Crippen LogP contribution in [0.4, 0.5) is 14.5 Å². The van der Waals surface area contributed by atoms with Gasteiger partial charge in [0.15, 0.2) is 0 Å². The fourth-order valence-corrected chi connectivity index (χ4v) is 2.42. The van der Waals surface area contributed by atoms with Gasteiger partial charge in [0, 0.05) is 25.7 Å². The molecule has 0 aromatic heterocycles. The molecular weight excluding hydrogens is 338 g/mol. The SMILES string of the molecule is CC(=O)N(CCNC(=O)c1c(F)cccc1Cl)c1ccc(F)cc1. The molecule has 7 heteroatoms. The Kier molecular flexibility index (Phi) is 5.87. The van der Waals surface area contributed by atoms with Gasteiger partial charge in [0.25, 0.3) is 5.91 Å². The van der Waals surface area contributed by atoms with Crippen molar-refractivity contribution in [3.63, 3.8) is 0 Å². The minimum absolute atomic E-state index is 0.00876. The molecule has 0 spiro atoms. The standard InChI is InChI=1S/C17H15ClF2N2O2/c1-11(23)22(13-7-5-12(19)6-8-13)10-9-21-17(24)16-14(18)3-2-4-15(16)20/h2-8H,9-10H2,1H3,(H,21,24). The highest BCUT2D eigenvalue weighted by Crippen LogP contribution is 2.19. The predicted molar refractivity (Wildman–Crippen MR) is 88.2 cm³/mol. The average molecular weight is 353 g/mol. The van der Waals surface area contributed by atoms with Crippen LogP contribution in [-0.2, 0) is 4.79 Å². The number of carbonyl (C=O) groups is 2. The molecule has 2 rings (SSSR count). The van der Waals surface area contributed by atoms with Gasteiger partial charge in [0.1, 0.15) is 11.6 Å². The highest BCUT2D eigenvalue weighted by atomic mass is 35.5. The van der Waals surface area contributed by atoms with Crippen molar-refractivity contribution in [3.05, 3.63) is 64.7 Å². The topological polar surface area (TPSA) is 49.4 Å². The molecule has 126 valence electrons. The Morgan fingerprint density at radius 2 is 1.79 bits per heavy atom. The van der Waals surface area contributed by atoms with Gasteiger partial charge in [-0.25, -0.2) is 8.78 Å². The van der Waals surface area contributed by atoms with Crippen LogP contribution in [-0.4, -0.2) is 24.9 Å². The number of hydrogen-bond donors (Lipinski definition) is 1. The van der Waals surface area contributed by atoms with E-state index in [0.717, 1.165) is 6.07 Å². The minimum atomic E-state index is -0.720. The van der Waals surface area contributed by atoms with Crippen LogP contribution >= 0.6 is 11.6 Å². The van der Waals surface area contributed by atoms with E-state index in [0.29, 0.717) is 5.69 Å². The first-order valence-corrected chi connectivity index (χ1v) is 7.54. The zero-order chi connectivity index (χ0) is 17.7. The summed E-state index contributed by atoms with van der Waals surface area (Å²) in [5.74, 6) is -2.06. The molecule has 24 heavy (non-hydrogen) atoms. The van der Waals surface area contributed by atoms with Crippen LogP contribution in [0, 0.1) is 11.6 Å². The van der Waals surface area contributed by atoms with Crippen LogP contribution in [0.5, 0.6) is 0 Å². The number of hydrogen-bond acceptors (Lipinski definition) is 2. The van der Waals surface area contributed by atoms with Crippen LogP contribution < -0.4 is 10.2 Å². The van der Waals surface area contributed by atoms with Gasteiger partial charge in [-0.1, -0.05) is 17.7 Å². The molecule has 0 aliphatic heterocycles. The van der Waals surface area contributed by atoms with Gasteiger partial charge in [-0.05, 0) is 36.4 Å². The molecule has 0 aliphatic rings. The van der Waals surface area contributed by atoms with Crippen LogP contribution in [0.3, 0.4) is 0 Å². The third-order valence-electron chi connectivity index (χ3n) is 3.33. The molecule has 0 heterocycles. The molecule has 0 saturated heterocycles. The number of nitrogens with one attached hydrogen (secondary N) is 1. The van der Waals surface area contributed by atoms with E-state index >= 15 is 0 Å². The number of benzene rings is 2. The summed E-state index contributed by atoms with van der Waals surface area (Å²) in [5, 5.41) is 2.52. The third kappa shape index (κ3) is 4.29. The first kappa shape index (κ1) is 17.9. The summed E-state index contributed by atoms with van der Waals surface area (Å²) >= 11 is 5.83. The molecule has 0 atom stereocenters. The van der Waals surface area contributed by atoms with Gasteiger partial charge < -0.3 is 10.2 Å². The van der Waals surface area contributed by atoms with E-state index in [1.54, 1.807) is 0 Å². The van der Waals surface area contributed by atoms with Crippen molar-refractivity contribution in [1.82, 2.24) is 5.32 Å². The second kappa shape index (κ2) is 7.88. The Morgan fingerprint density at radius 3 is 2.38 bits per heavy atom. The van der Waals surface area contributed by atoms with Gasteiger partial charge in [0.2, 0.25) is 5.91 Å². The number of nitrogens with zero attached hydrogens (tertiary/aromatic N) is 1. The summed E-state index contributed by atoms with van der Waals surface area (Å²) in [7, 11) is 0. The molecule has 0 unspecified atom stereocenters. The lowest BCUT2D eigenvalue weighted by molar-refractivity contribution is -0.116.